The maximum atomic E-state index is 11.1. The van der Waals surface area contributed by atoms with Gasteiger partial charge in [0.2, 0.25) is 0 Å². The predicted octanol–water partition coefficient (Wildman–Crippen LogP) is 3.35. The van der Waals surface area contributed by atoms with E-state index in [1.54, 1.807) is 29.8 Å². The fourth-order valence-corrected chi connectivity index (χ4v) is 4.47. The molecule has 30 heavy (non-hydrogen) atoms. The highest BCUT2D eigenvalue weighted by Gasteiger charge is 2.22. The molecule has 0 N–H and O–H groups in total. The Labute approximate surface area is 175 Å². The van der Waals surface area contributed by atoms with E-state index in [4.69, 9.17) is 0 Å². The van der Waals surface area contributed by atoms with E-state index in [1.165, 1.54) is 12.1 Å². The van der Waals surface area contributed by atoms with Gasteiger partial charge in [0.15, 0.2) is 0 Å². The molecular weight excluding hydrogens is 402 g/mol. The zero-order valence-electron chi connectivity index (χ0n) is 15.7. The SMILES string of the molecule is N#Cc1cc(N2CCN(c3ncnc4sccc34)CC2)nc2ccc([N+](=O)[O-])cc12. The van der Waals surface area contributed by atoms with Gasteiger partial charge in [-0.05, 0) is 23.6 Å². The maximum absolute atomic E-state index is 11.1. The van der Waals surface area contributed by atoms with Gasteiger partial charge in [0.05, 0.1) is 27.5 Å². The number of benzene rings is 1. The minimum Gasteiger partial charge on any atom is -0.353 e. The Morgan fingerprint density at radius 2 is 1.87 bits per heavy atom. The molecule has 0 bridgehead atoms. The Morgan fingerprint density at radius 1 is 1.07 bits per heavy atom. The van der Waals surface area contributed by atoms with E-state index in [2.05, 4.69) is 30.8 Å². The molecule has 0 spiro atoms. The number of nitro groups is 1. The molecule has 1 fully saturated rings. The first-order valence-corrected chi connectivity index (χ1v) is 10.2. The molecule has 3 aromatic heterocycles. The van der Waals surface area contributed by atoms with Crippen molar-refractivity contribution >= 4 is 49.8 Å². The number of anilines is 2. The molecule has 9 nitrogen and oxygen atoms in total. The summed E-state index contributed by atoms with van der Waals surface area (Å²) in [6.45, 7) is 2.99. The summed E-state index contributed by atoms with van der Waals surface area (Å²) in [6.07, 6.45) is 1.60. The topological polar surface area (TPSA) is 112 Å². The summed E-state index contributed by atoms with van der Waals surface area (Å²) in [4.78, 5) is 29.4. The first-order chi connectivity index (χ1) is 14.6. The Hall–Kier alpha value is -3.84. The van der Waals surface area contributed by atoms with Crippen LogP contribution in [0.3, 0.4) is 0 Å². The lowest BCUT2D eigenvalue weighted by Gasteiger charge is -2.36. The zero-order chi connectivity index (χ0) is 20.7. The number of hydrogen-bond donors (Lipinski definition) is 0. The minimum absolute atomic E-state index is 0.0493. The van der Waals surface area contributed by atoms with Crippen LogP contribution in [0.25, 0.3) is 21.1 Å². The average Bonchev–Trinajstić information content (AvgIpc) is 3.27. The largest absolute Gasteiger partial charge is 0.353 e. The van der Waals surface area contributed by atoms with Gasteiger partial charge in [0, 0.05) is 43.7 Å². The van der Waals surface area contributed by atoms with Crippen molar-refractivity contribution in [2.45, 2.75) is 0 Å². The Bertz CT molecular complexity index is 1320. The Balaban J connectivity index is 1.42. The van der Waals surface area contributed by atoms with Crippen LogP contribution in [-0.4, -0.2) is 46.1 Å². The van der Waals surface area contributed by atoms with E-state index in [0.717, 1.165) is 42.2 Å². The lowest BCUT2D eigenvalue weighted by Crippen LogP contribution is -2.47. The minimum atomic E-state index is -0.467. The molecule has 1 saturated heterocycles. The number of piperazine rings is 1. The van der Waals surface area contributed by atoms with Crippen molar-refractivity contribution in [3.05, 3.63) is 57.7 Å². The highest BCUT2D eigenvalue weighted by atomic mass is 32.1. The summed E-state index contributed by atoms with van der Waals surface area (Å²) >= 11 is 1.60. The summed E-state index contributed by atoms with van der Waals surface area (Å²) < 4.78 is 0. The molecule has 148 valence electrons. The van der Waals surface area contributed by atoms with Gasteiger partial charge in [-0.3, -0.25) is 10.1 Å². The van der Waals surface area contributed by atoms with Gasteiger partial charge in [-0.2, -0.15) is 5.26 Å². The second-order valence-corrected chi connectivity index (χ2v) is 7.80. The number of aromatic nitrogens is 3. The summed E-state index contributed by atoms with van der Waals surface area (Å²) in [6, 6.07) is 10.3. The van der Waals surface area contributed by atoms with Crippen LogP contribution < -0.4 is 9.80 Å². The molecule has 1 aromatic carbocycles. The number of hydrogen-bond acceptors (Lipinski definition) is 9. The van der Waals surface area contributed by atoms with Crippen molar-refractivity contribution in [2.75, 3.05) is 36.0 Å². The van der Waals surface area contributed by atoms with Crippen LogP contribution in [0.1, 0.15) is 5.56 Å². The Kier molecular flexibility index (Phi) is 4.37. The van der Waals surface area contributed by atoms with Crippen LogP contribution in [0.15, 0.2) is 42.0 Å². The van der Waals surface area contributed by atoms with Crippen molar-refractivity contribution in [3.63, 3.8) is 0 Å². The fraction of sp³-hybridized carbons (Fsp3) is 0.200. The van der Waals surface area contributed by atoms with Crippen molar-refractivity contribution in [1.29, 1.82) is 5.26 Å². The molecule has 0 aliphatic carbocycles. The van der Waals surface area contributed by atoms with E-state index in [1.807, 2.05) is 11.4 Å². The van der Waals surface area contributed by atoms with Gasteiger partial charge in [-0.15, -0.1) is 11.3 Å². The van der Waals surface area contributed by atoms with E-state index in [9.17, 15) is 15.4 Å². The Morgan fingerprint density at radius 3 is 2.63 bits per heavy atom. The summed E-state index contributed by atoms with van der Waals surface area (Å²) in [5.41, 5.74) is 0.913. The number of nitrogens with zero attached hydrogens (tertiary/aromatic N) is 7. The number of nitro benzene ring substituents is 1. The quantitative estimate of drug-likeness (QED) is 0.368. The molecule has 0 atom stereocenters. The third-order valence-corrected chi connectivity index (χ3v) is 6.07. The molecule has 0 saturated carbocycles. The average molecular weight is 417 g/mol. The van der Waals surface area contributed by atoms with E-state index in [-0.39, 0.29) is 5.69 Å². The second kappa shape index (κ2) is 7.20. The number of nitriles is 1. The van der Waals surface area contributed by atoms with Crippen LogP contribution in [0.2, 0.25) is 0 Å². The molecule has 4 heterocycles. The molecular formula is C20H15N7O2S. The third kappa shape index (κ3) is 3.05. The van der Waals surface area contributed by atoms with Gasteiger partial charge < -0.3 is 9.80 Å². The number of non-ortho nitro benzene ring substituents is 1. The first-order valence-electron chi connectivity index (χ1n) is 9.31. The lowest BCUT2D eigenvalue weighted by molar-refractivity contribution is -0.384. The van der Waals surface area contributed by atoms with Gasteiger partial charge in [-0.1, -0.05) is 0 Å². The first kappa shape index (κ1) is 18.2. The fourth-order valence-electron chi connectivity index (χ4n) is 3.74. The zero-order valence-corrected chi connectivity index (χ0v) is 16.5. The predicted molar refractivity (Wildman–Crippen MR) is 115 cm³/mol. The van der Waals surface area contributed by atoms with Crippen LogP contribution in [-0.2, 0) is 0 Å². The standard InChI is InChI=1S/C20H15N7O2S/c21-11-13-9-18(24-17-2-1-14(27(28)29)10-16(13)17)25-4-6-26(7-5-25)19-15-3-8-30-20(15)23-12-22-19/h1-3,8-10,12H,4-7H2. The highest BCUT2D eigenvalue weighted by molar-refractivity contribution is 7.16. The molecule has 0 radical (unpaired) electrons. The number of rotatable bonds is 3. The van der Waals surface area contributed by atoms with Gasteiger partial charge in [-0.25, -0.2) is 15.0 Å². The molecule has 0 amide bonds. The van der Waals surface area contributed by atoms with E-state index < -0.39 is 4.92 Å². The van der Waals surface area contributed by atoms with Gasteiger partial charge in [0.25, 0.3) is 5.69 Å². The third-order valence-electron chi connectivity index (χ3n) is 5.25. The van der Waals surface area contributed by atoms with Crippen LogP contribution >= 0.6 is 11.3 Å². The molecule has 10 heteroatoms. The number of thiophene rings is 1. The monoisotopic (exact) mass is 417 g/mol. The molecule has 5 rings (SSSR count). The van der Waals surface area contributed by atoms with Crippen molar-refractivity contribution < 1.29 is 4.92 Å². The lowest BCUT2D eigenvalue weighted by atomic mass is 10.1. The van der Waals surface area contributed by atoms with E-state index >= 15 is 0 Å². The summed E-state index contributed by atoms with van der Waals surface area (Å²) in [7, 11) is 0. The maximum Gasteiger partial charge on any atom is 0.270 e. The smallest absolute Gasteiger partial charge is 0.270 e. The summed E-state index contributed by atoms with van der Waals surface area (Å²) in [5.74, 6) is 1.65. The van der Waals surface area contributed by atoms with Crippen molar-refractivity contribution in [3.8, 4) is 6.07 Å². The normalized spacial score (nSPS) is 14.2. The van der Waals surface area contributed by atoms with Crippen LogP contribution in [0.4, 0.5) is 17.3 Å². The van der Waals surface area contributed by atoms with Crippen LogP contribution in [0, 0.1) is 21.4 Å². The number of pyridine rings is 1. The molecule has 4 aromatic rings. The van der Waals surface area contributed by atoms with Gasteiger partial charge >= 0.3 is 0 Å². The summed E-state index contributed by atoms with van der Waals surface area (Å²) in [5, 5.41) is 24.2. The van der Waals surface area contributed by atoms with Crippen LogP contribution in [0.5, 0.6) is 0 Å². The van der Waals surface area contributed by atoms with Crippen molar-refractivity contribution in [2.24, 2.45) is 0 Å². The second-order valence-electron chi connectivity index (χ2n) is 6.91. The van der Waals surface area contributed by atoms with Crippen molar-refractivity contribution in [1.82, 2.24) is 15.0 Å². The highest BCUT2D eigenvalue weighted by Crippen LogP contribution is 2.29. The molecule has 1 aliphatic heterocycles. The number of fused-ring (bicyclic) bond motifs is 2. The van der Waals surface area contributed by atoms with Gasteiger partial charge in [0.1, 0.15) is 22.8 Å². The van der Waals surface area contributed by atoms with E-state index in [0.29, 0.717) is 22.3 Å². The molecule has 0 unspecified atom stereocenters. The molecule has 1 aliphatic rings.